The minimum atomic E-state index is -5.08. The summed E-state index contributed by atoms with van der Waals surface area (Å²) in [6.45, 7) is 8.01. The van der Waals surface area contributed by atoms with E-state index < -0.39 is 24.3 Å². The smallest absolute Gasteiger partial charge is 0.475 e. The highest BCUT2D eigenvalue weighted by Gasteiger charge is 2.38. The van der Waals surface area contributed by atoms with Gasteiger partial charge in [-0.2, -0.15) is 26.3 Å². The van der Waals surface area contributed by atoms with Crippen LogP contribution in [0.3, 0.4) is 0 Å². The second kappa shape index (κ2) is 13.1. The number of nitrogens with zero attached hydrogens (tertiary/aromatic N) is 3. The predicted octanol–water partition coefficient (Wildman–Crippen LogP) is 3.96. The van der Waals surface area contributed by atoms with E-state index in [9.17, 15) is 26.3 Å². The molecule has 0 bridgehead atoms. The van der Waals surface area contributed by atoms with Crippen LogP contribution in [0.1, 0.15) is 25.1 Å². The lowest BCUT2D eigenvalue weighted by atomic mass is 10.2. The van der Waals surface area contributed by atoms with Gasteiger partial charge in [0, 0.05) is 50.0 Å². The summed E-state index contributed by atoms with van der Waals surface area (Å²) in [5.41, 5.74) is 2.50. The molecular weight excluding hydrogens is 488 g/mol. The van der Waals surface area contributed by atoms with Crippen molar-refractivity contribution in [1.82, 2.24) is 14.5 Å². The van der Waals surface area contributed by atoms with Gasteiger partial charge in [-0.1, -0.05) is 6.07 Å². The highest BCUT2D eigenvalue weighted by molar-refractivity contribution is 5.73. The second-order valence-electron chi connectivity index (χ2n) is 7.58. The van der Waals surface area contributed by atoms with Crippen LogP contribution in [-0.4, -0.2) is 67.6 Å². The van der Waals surface area contributed by atoms with Gasteiger partial charge in [-0.05, 0) is 37.6 Å². The number of ether oxygens (including phenoxy) is 1. The highest BCUT2D eigenvalue weighted by atomic mass is 19.4. The number of aliphatic carboxylic acids is 2. The largest absolute Gasteiger partial charge is 0.490 e. The van der Waals surface area contributed by atoms with Crippen LogP contribution in [0.4, 0.5) is 26.3 Å². The minimum absolute atomic E-state index is 0.209. The fourth-order valence-electron chi connectivity index (χ4n) is 2.78. The topological polar surface area (TPSA) is 105 Å². The van der Waals surface area contributed by atoms with Crippen molar-refractivity contribution in [3.8, 4) is 0 Å². The lowest BCUT2D eigenvalue weighted by Gasteiger charge is -2.27. The van der Waals surface area contributed by atoms with Crippen LogP contribution in [0.15, 0.2) is 42.9 Å². The van der Waals surface area contributed by atoms with E-state index in [-0.39, 0.29) is 6.10 Å². The lowest BCUT2D eigenvalue weighted by molar-refractivity contribution is -0.193. The third-order valence-corrected chi connectivity index (χ3v) is 4.55. The first-order valence-corrected chi connectivity index (χ1v) is 10.1. The summed E-state index contributed by atoms with van der Waals surface area (Å²) in [5, 5.41) is 14.2. The first-order valence-electron chi connectivity index (χ1n) is 10.1. The normalized spacial score (nSPS) is 16.2. The number of carbonyl (C=O) groups is 2. The molecule has 8 nitrogen and oxygen atoms in total. The molecule has 0 fully saturated rings. The number of carboxylic acid groups (broad SMARTS) is 2. The molecule has 3 heterocycles. The summed E-state index contributed by atoms with van der Waals surface area (Å²) in [4.78, 5) is 24.4. The Bertz CT molecular complexity index is 908. The van der Waals surface area contributed by atoms with E-state index in [0.717, 1.165) is 25.2 Å². The molecule has 2 N–H and O–H groups in total. The first-order chi connectivity index (χ1) is 16.1. The number of hydrogen-bond donors (Lipinski definition) is 2. The van der Waals surface area contributed by atoms with Gasteiger partial charge in [0.25, 0.3) is 0 Å². The fraction of sp³-hybridized carbons (Fsp3) is 0.476. The average molecular weight is 513 g/mol. The molecular formula is C21H25F6N3O5. The van der Waals surface area contributed by atoms with Crippen molar-refractivity contribution in [3.05, 3.63) is 54.1 Å². The Morgan fingerprint density at radius 3 is 2.09 bits per heavy atom. The van der Waals surface area contributed by atoms with Gasteiger partial charge < -0.3 is 19.5 Å². The van der Waals surface area contributed by atoms with Gasteiger partial charge in [-0.3, -0.25) is 9.88 Å². The minimum Gasteiger partial charge on any atom is -0.475 e. The predicted molar refractivity (Wildman–Crippen MR) is 110 cm³/mol. The molecule has 2 aromatic heterocycles. The molecule has 35 heavy (non-hydrogen) atoms. The van der Waals surface area contributed by atoms with Crippen molar-refractivity contribution >= 4 is 11.9 Å². The molecule has 0 spiro atoms. The summed E-state index contributed by atoms with van der Waals surface area (Å²) in [5.74, 6) is -5.51. The number of rotatable bonds is 4. The first kappa shape index (κ1) is 29.9. The summed E-state index contributed by atoms with van der Waals surface area (Å²) in [6, 6.07) is 8.87. The van der Waals surface area contributed by atoms with Crippen LogP contribution in [0.25, 0.3) is 0 Å². The van der Waals surface area contributed by atoms with Gasteiger partial charge in [-0.25, -0.2) is 9.59 Å². The summed E-state index contributed by atoms with van der Waals surface area (Å²) < 4.78 is 71.9. The lowest BCUT2D eigenvalue weighted by Crippen LogP contribution is -2.37. The number of hydrogen-bond acceptors (Lipinski definition) is 5. The Kier molecular flexibility index (Phi) is 11.2. The van der Waals surface area contributed by atoms with Gasteiger partial charge in [0.05, 0.1) is 12.7 Å². The third-order valence-electron chi connectivity index (χ3n) is 4.55. The van der Waals surface area contributed by atoms with Gasteiger partial charge in [0.1, 0.15) is 0 Å². The van der Waals surface area contributed by atoms with Gasteiger partial charge >= 0.3 is 24.3 Å². The Hall–Kier alpha value is -3.13. The average Bonchev–Trinajstić information content (AvgIpc) is 3.10. The molecule has 1 atom stereocenters. The molecule has 0 saturated carbocycles. The summed E-state index contributed by atoms with van der Waals surface area (Å²) in [6.07, 6.45) is -4.14. The van der Waals surface area contributed by atoms with Crippen molar-refractivity contribution in [1.29, 1.82) is 0 Å². The maximum absolute atomic E-state index is 10.6. The van der Waals surface area contributed by atoms with Crippen molar-refractivity contribution in [2.75, 3.05) is 6.54 Å². The molecule has 0 radical (unpaired) electrons. The molecule has 0 saturated heterocycles. The van der Waals surface area contributed by atoms with Crippen molar-refractivity contribution in [2.24, 2.45) is 0 Å². The molecule has 0 aromatic carbocycles. The number of pyridine rings is 1. The fourth-order valence-corrected chi connectivity index (χ4v) is 2.78. The van der Waals surface area contributed by atoms with E-state index in [4.69, 9.17) is 24.5 Å². The monoisotopic (exact) mass is 513 g/mol. The third kappa shape index (κ3) is 11.2. The van der Waals surface area contributed by atoms with Gasteiger partial charge in [0.15, 0.2) is 0 Å². The molecule has 0 amide bonds. The van der Waals surface area contributed by atoms with E-state index in [1.165, 1.54) is 5.69 Å². The van der Waals surface area contributed by atoms with E-state index in [1.54, 1.807) is 6.20 Å². The zero-order chi connectivity index (χ0) is 26.8. The number of fused-ring (bicyclic) bond motifs is 1. The Balaban J connectivity index is 0.000000362. The SMILES string of the molecule is CC(C)N1Cc2cccn2CC(OCc2cccnc2)C1.O=C(O)C(F)(F)F.O=C(O)C(F)(F)F. The molecule has 2 aromatic rings. The molecule has 0 aliphatic carbocycles. The molecule has 196 valence electrons. The van der Waals surface area contributed by atoms with Crippen LogP contribution in [0, 0.1) is 0 Å². The molecule has 14 heteroatoms. The Morgan fingerprint density at radius 1 is 1.06 bits per heavy atom. The van der Waals surface area contributed by atoms with Crippen LogP contribution in [0.5, 0.6) is 0 Å². The zero-order valence-electron chi connectivity index (χ0n) is 18.8. The molecule has 1 unspecified atom stereocenters. The number of carboxylic acids is 2. The van der Waals surface area contributed by atoms with Crippen molar-refractivity contribution < 1.29 is 50.9 Å². The Labute approximate surface area is 196 Å². The van der Waals surface area contributed by atoms with Crippen LogP contribution < -0.4 is 0 Å². The maximum atomic E-state index is 10.6. The highest BCUT2D eigenvalue weighted by Crippen LogP contribution is 2.18. The van der Waals surface area contributed by atoms with E-state index in [0.29, 0.717) is 12.6 Å². The van der Waals surface area contributed by atoms with Gasteiger partial charge in [-0.15, -0.1) is 0 Å². The quantitative estimate of drug-likeness (QED) is 0.597. The van der Waals surface area contributed by atoms with Crippen LogP contribution in [-0.2, 0) is 34.0 Å². The zero-order valence-corrected chi connectivity index (χ0v) is 18.8. The summed E-state index contributed by atoms with van der Waals surface area (Å²) >= 11 is 0. The number of aromatic nitrogens is 2. The Morgan fingerprint density at radius 2 is 1.63 bits per heavy atom. The van der Waals surface area contributed by atoms with E-state index in [2.05, 4.69) is 52.7 Å². The summed E-state index contributed by atoms with van der Waals surface area (Å²) in [7, 11) is 0. The van der Waals surface area contributed by atoms with Crippen molar-refractivity contribution in [2.45, 2.75) is 58.0 Å². The standard InChI is InChI=1S/C17H23N3O.2C2HF3O2/c1-14(2)20-10-16-6-4-8-19(16)11-17(12-20)21-13-15-5-3-7-18-9-15;2*3-2(4,5)1(6)7/h3-9,14,17H,10-13H2,1-2H3;2*(H,6,7). The maximum Gasteiger partial charge on any atom is 0.490 e. The number of alkyl halides is 6. The van der Waals surface area contributed by atoms with E-state index in [1.807, 2.05) is 12.3 Å². The second-order valence-corrected chi connectivity index (χ2v) is 7.58. The van der Waals surface area contributed by atoms with E-state index >= 15 is 0 Å². The van der Waals surface area contributed by atoms with Crippen LogP contribution in [0.2, 0.25) is 0 Å². The van der Waals surface area contributed by atoms with Gasteiger partial charge in [0.2, 0.25) is 0 Å². The number of halogens is 6. The van der Waals surface area contributed by atoms with Crippen LogP contribution >= 0.6 is 0 Å². The van der Waals surface area contributed by atoms with Crippen molar-refractivity contribution in [3.63, 3.8) is 0 Å². The molecule has 1 aliphatic rings. The molecule has 1 aliphatic heterocycles. The molecule has 3 rings (SSSR count).